The zero-order chi connectivity index (χ0) is 17.7. The minimum atomic E-state index is -0.652. The van der Waals surface area contributed by atoms with Gasteiger partial charge in [0.05, 0.1) is 12.5 Å². The number of hydrogen-bond donors (Lipinski definition) is 1. The number of nitrogens with zero attached hydrogens (tertiary/aromatic N) is 1. The average molecular weight is 369 g/mol. The van der Waals surface area contributed by atoms with E-state index in [1.165, 1.54) is 23.1 Å². The Kier molecular flexibility index (Phi) is 8.00. The second-order valence-corrected chi connectivity index (χ2v) is 5.78. The van der Waals surface area contributed by atoms with Gasteiger partial charge in [0, 0.05) is 18.2 Å². The van der Waals surface area contributed by atoms with Gasteiger partial charge in [0.25, 0.3) is 0 Å². The molecule has 2 unspecified atom stereocenters. The summed E-state index contributed by atoms with van der Waals surface area (Å²) in [4.78, 5) is 14.1. The van der Waals surface area contributed by atoms with E-state index in [0.717, 1.165) is 5.56 Å². The van der Waals surface area contributed by atoms with Crippen LogP contribution in [0.5, 0.6) is 0 Å². The number of benzene rings is 2. The summed E-state index contributed by atoms with van der Waals surface area (Å²) >= 11 is 0. The Morgan fingerprint density at radius 3 is 2.16 bits per heavy atom. The van der Waals surface area contributed by atoms with Crippen molar-refractivity contribution >= 4 is 18.3 Å². The molecule has 0 aliphatic carbocycles. The molecule has 2 aromatic carbocycles. The first kappa shape index (κ1) is 21.1. The Hall–Kier alpha value is -1.98. The number of carbonyl (C=O) groups excluding carboxylic acids is 1. The van der Waals surface area contributed by atoms with Crippen LogP contribution < -0.4 is 5.73 Å². The van der Waals surface area contributed by atoms with E-state index in [4.69, 9.17) is 5.73 Å². The highest BCUT2D eigenvalue weighted by atomic mass is 35.5. The first-order valence-corrected chi connectivity index (χ1v) is 7.97. The van der Waals surface area contributed by atoms with Gasteiger partial charge in [-0.1, -0.05) is 43.3 Å². The van der Waals surface area contributed by atoms with E-state index in [9.17, 15) is 13.6 Å². The van der Waals surface area contributed by atoms with Crippen LogP contribution in [0.4, 0.5) is 8.78 Å². The molecule has 0 fully saturated rings. The molecule has 0 aromatic heterocycles. The number of hydrogen-bond acceptors (Lipinski definition) is 2. The van der Waals surface area contributed by atoms with Crippen LogP contribution in [-0.2, 0) is 11.3 Å². The Balaban J connectivity index is 0.00000312. The van der Waals surface area contributed by atoms with E-state index in [1.54, 1.807) is 13.8 Å². The van der Waals surface area contributed by atoms with Crippen molar-refractivity contribution in [2.45, 2.75) is 26.4 Å². The van der Waals surface area contributed by atoms with Crippen LogP contribution in [0.15, 0.2) is 48.5 Å². The largest absolute Gasteiger partial charge is 0.338 e. The summed E-state index contributed by atoms with van der Waals surface area (Å²) in [6.45, 7) is 3.75. The second kappa shape index (κ2) is 9.49. The quantitative estimate of drug-likeness (QED) is 0.835. The summed E-state index contributed by atoms with van der Waals surface area (Å²) in [5.74, 6) is -2.03. The van der Waals surface area contributed by atoms with Crippen LogP contribution in [-0.4, -0.2) is 17.4 Å². The van der Waals surface area contributed by atoms with E-state index in [-0.39, 0.29) is 30.4 Å². The molecule has 1 amide bonds. The maximum Gasteiger partial charge on any atom is 0.227 e. The van der Waals surface area contributed by atoms with Crippen molar-refractivity contribution in [2.75, 3.05) is 6.54 Å². The first-order valence-electron chi connectivity index (χ1n) is 7.97. The van der Waals surface area contributed by atoms with Gasteiger partial charge < -0.3 is 10.6 Å². The second-order valence-electron chi connectivity index (χ2n) is 5.78. The molecule has 2 rings (SSSR count). The van der Waals surface area contributed by atoms with Gasteiger partial charge in [0.2, 0.25) is 5.91 Å². The lowest BCUT2D eigenvalue weighted by atomic mass is 9.94. The van der Waals surface area contributed by atoms with Crippen LogP contribution in [0, 0.1) is 17.6 Å². The lowest BCUT2D eigenvalue weighted by molar-refractivity contribution is -0.136. The molecular weight excluding hydrogens is 346 g/mol. The molecule has 25 heavy (non-hydrogen) atoms. The van der Waals surface area contributed by atoms with Crippen LogP contribution in [0.25, 0.3) is 0 Å². The average Bonchev–Trinajstić information content (AvgIpc) is 2.60. The van der Waals surface area contributed by atoms with Crippen molar-refractivity contribution < 1.29 is 13.6 Å². The molecule has 6 heteroatoms. The van der Waals surface area contributed by atoms with Gasteiger partial charge >= 0.3 is 0 Å². The van der Waals surface area contributed by atoms with E-state index >= 15 is 0 Å². The highest BCUT2D eigenvalue weighted by Gasteiger charge is 2.27. The fraction of sp³-hybridized carbons (Fsp3) is 0.316. The fourth-order valence-electron chi connectivity index (χ4n) is 2.63. The SMILES string of the molecule is CCN(Cc1c(F)cccc1F)C(=O)C(C)C(N)c1ccccc1.Cl. The van der Waals surface area contributed by atoms with Gasteiger partial charge in [-0.25, -0.2) is 8.78 Å². The van der Waals surface area contributed by atoms with E-state index in [1.807, 2.05) is 30.3 Å². The maximum absolute atomic E-state index is 13.8. The lowest BCUT2D eigenvalue weighted by Crippen LogP contribution is -2.39. The van der Waals surface area contributed by atoms with Crippen molar-refractivity contribution in [1.82, 2.24) is 4.90 Å². The summed E-state index contributed by atoms with van der Waals surface area (Å²) in [5.41, 5.74) is 6.94. The summed E-state index contributed by atoms with van der Waals surface area (Å²) in [5, 5.41) is 0. The lowest BCUT2D eigenvalue weighted by Gasteiger charge is -2.28. The topological polar surface area (TPSA) is 46.3 Å². The van der Waals surface area contributed by atoms with Crippen molar-refractivity contribution in [3.63, 3.8) is 0 Å². The molecule has 3 nitrogen and oxygen atoms in total. The minimum Gasteiger partial charge on any atom is -0.338 e. The summed E-state index contributed by atoms with van der Waals surface area (Å²) in [6.07, 6.45) is 0. The zero-order valence-corrected chi connectivity index (χ0v) is 15.1. The number of halogens is 3. The van der Waals surface area contributed by atoms with E-state index in [2.05, 4.69) is 0 Å². The standard InChI is InChI=1S/C19H22F2N2O.ClH/c1-3-23(12-15-16(20)10-7-11-17(15)21)19(24)13(2)18(22)14-8-5-4-6-9-14;/h4-11,13,18H,3,12,22H2,1-2H3;1H. The molecule has 2 N–H and O–H groups in total. The van der Waals surface area contributed by atoms with Gasteiger partial charge in [0.15, 0.2) is 0 Å². The third kappa shape index (κ3) is 5.00. The van der Waals surface area contributed by atoms with Crippen LogP contribution in [0.1, 0.15) is 31.0 Å². The van der Waals surface area contributed by atoms with Crippen molar-refractivity contribution in [2.24, 2.45) is 11.7 Å². The van der Waals surface area contributed by atoms with E-state index in [0.29, 0.717) is 6.54 Å². The summed E-state index contributed by atoms with van der Waals surface area (Å²) in [6, 6.07) is 12.5. The number of nitrogens with two attached hydrogens (primary N) is 1. The van der Waals surface area contributed by atoms with E-state index < -0.39 is 23.6 Å². The number of rotatable bonds is 6. The smallest absolute Gasteiger partial charge is 0.227 e. The first-order chi connectivity index (χ1) is 11.5. The van der Waals surface area contributed by atoms with Gasteiger partial charge in [0.1, 0.15) is 11.6 Å². The fourth-order valence-corrected chi connectivity index (χ4v) is 2.63. The van der Waals surface area contributed by atoms with Gasteiger partial charge in [-0.2, -0.15) is 0 Å². The molecule has 0 saturated carbocycles. The molecule has 136 valence electrons. The van der Waals surface area contributed by atoms with Crippen molar-refractivity contribution in [3.05, 3.63) is 71.3 Å². The maximum atomic E-state index is 13.8. The highest BCUT2D eigenvalue weighted by molar-refractivity contribution is 5.85. The summed E-state index contributed by atoms with van der Waals surface area (Å²) in [7, 11) is 0. The Morgan fingerprint density at radius 2 is 1.64 bits per heavy atom. The number of amides is 1. The van der Waals surface area contributed by atoms with Crippen LogP contribution in [0.2, 0.25) is 0 Å². The third-order valence-electron chi connectivity index (χ3n) is 4.22. The predicted octanol–water partition coefficient (Wildman–Crippen LogP) is 4.07. The molecule has 0 aliphatic rings. The predicted molar refractivity (Wildman–Crippen MR) is 97.2 cm³/mol. The Morgan fingerprint density at radius 1 is 1.08 bits per heavy atom. The van der Waals surface area contributed by atoms with Gasteiger partial charge in [-0.05, 0) is 24.6 Å². The Labute approximate surface area is 153 Å². The molecule has 0 bridgehead atoms. The minimum absolute atomic E-state index is 0. The van der Waals surface area contributed by atoms with Crippen molar-refractivity contribution in [1.29, 1.82) is 0 Å². The molecule has 2 atom stereocenters. The zero-order valence-electron chi connectivity index (χ0n) is 14.3. The van der Waals surface area contributed by atoms with Crippen molar-refractivity contribution in [3.8, 4) is 0 Å². The van der Waals surface area contributed by atoms with Crippen LogP contribution in [0.3, 0.4) is 0 Å². The van der Waals surface area contributed by atoms with Gasteiger partial charge in [-0.3, -0.25) is 4.79 Å². The molecule has 0 spiro atoms. The molecule has 0 heterocycles. The molecule has 2 aromatic rings. The summed E-state index contributed by atoms with van der Waals surface area (Å²) < 4.78 is 27.7. The molecule has 0 saturated heterocycles. The monoisotopic (exact) mass is 368 g/mol. The number of carbonyl (C=O) groups is 1. The normalized spacial score (nSPS) is 12.8. The molecule has 0 aliphatic heterocycles. The third-order valence-corrected chi connectivity index (χ3v) is 4.22. The Bertz CT molecular complexity index is 677. The molecule has 0 radical (unpaired) electrons. The van der Waals surface area contributed by atoms with Crippen LogP contribution >= 0.6 is 12.4 Å². The van der Waals surface area contributed by atoms with Gasteiger partial charge in [-0.15, -0.1) is 12.4 Å². The highest BCUT2D eigenvalue weighted by Crippen LogP contribution is 2.23. The molecular formula is C19H23ClF2N2O.